The second-order valence-corrected chi connectivity index (χ2v) is 11.8. The normalized spacial score (nSPS) is 13.2. The molecule has 0 radical (unpaired) electrons. The number of nitrogens with zero attached hydrogens (tertiary/aromatic N) is 4. The average molecular weight is 621 g/mol. The Morgan fingerprint density at radius 2 is 1.32 bits per heavy atom. The van der Waals surface area contributed by atoms with Crippen molar-refractivity contribution in [2.75, 3.05) is 0 Å². The Kier molecular flexibility index (Phi) is 8.06. The minimum atomic E-state index is -4.80. The summed E-state index contributed by atoms with van der Waals surface area (Å²) in [5.74, 6) is -1.99. The number of aromatic carboxylic acids is 1. The minimum absolute atomic E-state index is 0.0142. The molecule has 1 atom stereocenters. The molecule has 18 heteroatoms. The third kappa shape index (κ3) is 6.48. The summed E-state index contributed by atoms with van der Waals surface area (Å²) in [4.78, 5) is 10.3. The van der Waals surface area contributed by atoms with E-state index in [0.717, 1.165) is 36.4 Å². The molecule has 0 spiro atoms. The molecule has 0 aliphatic carbocycles. The summed E-state index contributed by atoms with van der Waals surface area (Å²) >= 11 is -2.51. The van der Waals surface area contributed by atoms with Gasteiger partial charge >= 0.3 is 5.97 Å². The third-order valence-corrected chi connectivity index (χ3v) is 7.85. The first kappa shape index (κ1) is 29.5. The van der Waals surface area contributed by atoms with Crippen LogP contribution in [0.5, 0.6) is 5.75 Å². The van der Waals surface area contributed by atoms with E-state index in [-0.39, 0.29) is 27.0 Å². The van der Waals surface area contributed by atoms with Crippen LogP contribution in [0.3, 0.4) is 0 Å². The van der Waals surface area contributed by atoms with Gasteiger partial charge in [-0.3, -0.25) is 9.11 Å². The molecule has 212 valence electrons. The number of carboxylic acids is 1. The van der Waals surface area contributed by atoms with Gasteiger partial charge in [-0.15, -0.1) is 15.3 Å². The monoisotopic (exact) mass is 620 g/mol. The average Bonchev–Trinajstić information content (AvgIpc) is 2.90. The van der Waals surface area contributed by atoms with Crippen LogP contribution in [0.15, 0.2) is 102 Å². The van der Waals surface area contributed by atoms with Crippen LogP contribution >= 0.6 is 0 Å². The van der Waals surface area contributed by atoms with E-state index >= 15 is 0 Å². The Balaban J connectivity index is 1.76. The van der Waals surface area contributed by atoms with Gasteiger partial charge < -0.3 is 14.8 Å². The SMILES string of the molecule is O=C(O)c1cc(N=Nc2cc(S(=O)O)ccc2S(=O)(=O)O)ccc1N=Nc1cc(S(=O)(=O)O)c2ccccc2c1O. The number of aromatic hydroxyl groups is 1. The van der Waals surface area contributed by atoms with Crippen molar-refractivity contribution >= 4 is 70.8 Å². The van der Waals surface area contributed by atoms with Crippen molar-refractivity contribution in [3.63, 3.8) is 0 Å². The molecule has 15 nitrogen and oxygen atoms in total. The number of rotatable bonds is 8. The van der Waals surface area contributed by atoms with Crippen molar-refractivity contribution in [1.29, 1.82) is 0 Å². The molecule has 0 saturated carbocycles. The molecule has 4 rings (SSSR count). The van der Waals surface area contributed by atoms with Crippen LogP contribution in [-0.4, -0.2) is 50.9 Å². The summed E-state index contributed by atoms with van der Waals surface area (Å²) < 4.78 is 86.7. The highest BCUT2D eigenvalue weighted by atomic mass is 32.2. The maximum Gasteiger partial charge on any atom is 0.338 e. The van der Waals surface area contributed by atoms with Crippen molar-refractivity contribution in [2.24, 2.45) is 20.5 Å². The predicted molar refractivity (Wildman–Crippen MR) is 142 cm³/mol. The second kappa shape index (κ2) is 11.2. The van der Waals surface area contributed by atoms with Crippen LogP contribution in [0.25, 0.3) is 10.8 Å². The van der Waals surface area contributed by atoms with Gasteiger partial charge in [0.15, 0.2) is 16.8 Å². The van der Waals surface area contributed by atoms with E-state index in [1.54, 1.807) is 0 Å². The topological polar surface area (TPSA) is 253 Å². The number of hydrogen-bond acceptors (Lipinski definition) is 11. The Bertz CT molecular complexity index is 2030. The van der Waals surface area contributed by atoms with Crippen molar-refractivity contribution in [2.45, 2.75) is 14.7 Å². The molecule has 4 aromatic carbocycles. The molecule has 5 N–H and O–H groups in total. The molecule has 0 aromatic heterocycles. The Morgan fingerprint density at radius 3 is 1.93 bits per heavy atom. The van der Waals surface area contributed by atoms with E-state index in [2.05, 4.69) is 20.5 Å². The fourth-order valence-electron chi connectivity index (χ4n) is 3.57. The van der Waals surface area contributed by atoms with Gasteiger partial charge in [0.25, 0.3) is 20.2 Å². The van der Waals surface area contributed by atoms with Crippen LogP contribution < -0.4 is 0 Å². The largest absolute Gasteiger partial charge is 0.505 e. The van der Waals surface area contributed by atoms with Crippen molar-refractivity contribution < 1.29 is 49.7 Å². The highest BCUT2D eigenvalue weighted by Gasteiger charge is 2.20. The standard InChI is InChI=1S/C23H16N4O11S3/c28-22-15-4-2-1-3-14(15)21(41(36,37)38)11-19(22)27-25-17-7-5-12(9-16(17)23(29)30)24-26-18-10-13(39(31)32)6-8-20(18)40(33,34)35/h1-11,28H,(H,29,30)(H,31,32)(H,33,34,35)(H,36,37,38). The Labute approximate surface area is 233 Å². The fourth-order valence-corrected chi connectivity index (χ4v) is 5.29. The van der Waals surface area contributed by atoms with E-state index in [4.69, 9.17) is 0 Å². The second-order valence-electron chi connectivity index (χ2n) is 8.02. The van der Waals surface area contributed by atoms with Crippen molar-refractivity contribution in [3.8, 4) is 5.75 Å². The lowest BCUT2D eigenvalue weighted by Gasteiger charge is -2.08. The molecule has 4 aromatic rings. The number of phenols is 1. The quantitative estimate of drug-likeness (QED) is 0.0977. The van der Waals surface area contributed by atoms with Crippen LogP contribution in [0.2, 0.25) is 0 Å². The highest BCUT2D eigenvalue weighted by molar-refractivity contribution is 7.86. The van der Waals surface area contributed by atoms with E-state index in [1.165, 1.54) is 30.3 Å². The molecule has 0 amide bonds. The highest BCUT2D eigenvalue weighted by Crippen LogP contribution is 2.40. The van der Waals surface area contributed by atoms with E-state index in [0.29, 0.717) is 0 Å². The van der Waals surface area contributed by atoms with Crippen molar-refractivity contribution in [3.05, 3.63) is 72.3 Å². The number of azo groups is 2. The summed E-state index contributed by atoms with van der Waals surface area (Å²) in [7, 11) is -9.54. The number of hydrogen-bond donors (Lipinski definition) is 5. The molecule has 0 bridgehead atoms. The zero-order valence-corrected chi connectivity index (χ0v) is 22.5. The number of benzene rings is 4. The summed E-state index contributed by atoms with van der Waals surface area (Å²) in [6.07, 6.45) is 0. The minimum Gasteiger partial charge on any atom is -0.505 e. The molecule has 0 saturated heterocycles. The molecular weight excluding hydrogens is 604 g/mol. The number of phenolic OH excluding ortho intramolecular Hbond substituents is 1. The van der Waals surface area contributed by atoms with Crippen molar-refractivity contribution in [1.82, 2.24) is 0 Å². The summed E-state index contributed by atoms with van der Waals surface area (Å²) in [6.45, 7) is 0. The van der Waals surface area contributed by atoms with Gasteiger partial charge in [0.2, 0.25) is 0 Å². The number of carboxylic acid groups (broad SMARTS) is 1. The van der Waals surface area contributed by atoms with Gasteiger partial charge in [-0.05, 0) is 42.5 Å². The lowest BCUT2D eigenvalue weighted by Crippen LogP contribution is -1.99. The van der Waals surface area contributed by atoms with Gasteiger partial charge in [-0.25, -0.2) is 9.00 Å². The third-order valence-electron chi connectivity index (χ3n) is 5.40. The molecule has 1 unspecified atom stereocenters. The van der Waals surface area contributed by atoms with Gasteiger partial charge in [-0.1, -0.05) is 24.3 Å². The van der Waals surface area contributed by atoms with Crippen LogP contribution in [0, 0.1) is 0 Å². The first-order valence-electron chi connectivity index (χ1n) is 10.8. The number of carbonyl (C=O) groups is 1. The molecule has 0 fully saturated rings. The van der Waals surface area contributed by atoms with E-state index in [9.17, 15) is 49.7 Å². The molecule has 0 aliphatic heterocycles. The summed E-state index contributed by atoms with van der Waals surface area (Å²) in [5, 5.41) is 35.2. The van der Waals surface area contributed by atoms with Gasteiger partial charge in [-0.2, -0.15) is 21.9 Å². The lowest BCUT2D eigenvalue weighted by atomic mass is 10.1. The van der Waals surface area contributed by atoms with Gasteiger partial charge in [0.1, 0.15) is 26.9 Å². The Morgan fingerprint density at radius 1 is 0.707 bits per heavy atom. The van der Waals surface area contributed by atoms with Crippen LogP contribution in [-0.2, 0) is 31.3 Å². The first-order chi connectivity index (χ1) is 19.2. The number of fused-ring (bicyclic) bond motifs is 1. The zero-order chi connectivity index (χ0) is 30.1. The summed E-state index contributed by atoms with van der Waals surface area (Å²) in [6, 6.07) is 12.6. The first-order valence-corrected chi connectivity index (χ1v) is 14.8. The lowest BCUT2D eigenvalue weighted by molar-refractivity contribution is 0.0697. The maximum absolute atomic E-state index is 11.9. The molecule has 41 heavy (non-hydrogen) atoms. The molecule has 0 heterocycles. The van der Waals surface area contributed by atoms with E-state index in [1.807, 2.05) is 0 Å². The van der Waals surface area contributed by atoms with Crippen LogP contribution in [0.1, 0.15) is 10.4 Å². The van der Waals surface area contributed by atoms with Gasteiger partial charge in [0, 0.05) is 10.8 Å². The maximum atomic E-state index is 11.9. The van der Waals surface area contributed by atoms with Gasteiger partial charge in [0.05, 0.1) is 16.1 Å². The fraction of sp³-hybridized carbons (Fsp3) is 0. The van der Waals surface area contributed by atoms with Crippen LogP contribution in [0.4, 0.5) is 22.7 Å². The molecule has 0 aliphatic rings. The Hall–Kier alpha value is -4.46. The zero-order valence-electron chi connectivity index (χ0n) is 20.1. The van der Waals surface area contributed by atoms with E-state index < -0.39 is 69.8 Å². The summed E-state index contributed by atoms with van der Waals surface area (Å²) in [5.41, 5.74) is -1.79. The smallest absolute Gasteiger partial charge is 0.338 e. The predicted octanol–water partition coefficient (Wildman–Crippen LogP) is 5.15. The molecular formula is C23H16N4O11S3.